The Morgan fingerprint density at radius 3 is 2.81 bits per heavy atom. The Morgan fingerprint density at radius 1 is 1.33 bits per heavy atom. The fourth-order valence-electron chi connectivity index (χ4n) is 3.34. The molecule has 116 valence electrons. The minimum atomic E-state index is 0.158. The van der Waals surface area contributed by atoms with Crippen LogP contribution in [0, 0.1) is 0 Å². The fourth-order valence-corrected chi connectivity index (χ4v) is 3.91. The van der Waals surface area contributed by atoms with Gasteiger partial charge in [-0.1, -0.05) is 28.1 Å². The Balaban J connectivity index is 1.64. The van der Waals surface area contributed by atoms with E-state index in [9.17, 15) is 0 Å². The first-order valence-electron chi connectivity index (χ1n) is 8.01. The van der Waals surface area contributed by atoms with Gasteiger partial charge in [0.05, 0.1) is 13.2 Å². The molecule has 2 aliphatic heterocycles. The van der Waals surface area contributed by atoms with Crippen molar-refractivity contribution in [2.24, 2.45) is 0 Å². The highest BCUT2D eigenvalue weighted by atomic mass is 79.9. The maximum absolute atomic E-state index is 5.40. The normalized spacial score (nSPS) is 27.1. The molecule has 2 aliphatic rings. The van der Waals surface area contributed by atoms with E-state index in [1.54, 1.807) is 0 Å². The second kappa shape index (κ2) is 6.78. The summed E-state index contributed by atoms with van der Waals surface area (Å²) in [6.07, 6.45) is 3.60. The molecule has 1 aromatic rings. The Kier molecular flexibility index (Phi) is 4.99. The van der Waals surface area contributed by atoms with Crippen molar-refractivity contribution in [2.75, 3.05) is 39.4 Å². The van der Waals surface area contributed by atoms with E-state index in [-0.39, 0.29) is 5.54 Å². The Hall–Kier alpha value is -0.420. The number of rotatable bonds is 4. The molecule has 2 saturated heterocycles. The number of halogens is 1. The molecule has 0 aromatic heterocycles. The zero-order valence-electron chi connectivity index (χ0n) is 12.8. The van der Waals surface area contributed by atoms with Gasteiger partial charge in [-0.15, -0.1) is 0 Å². The van der Waals surface area contributed by atoms with E-state index >= 15 is 0 Å². The van der Waals surface area contributed by atoms with Crippen LogP contribution in [0.25, 0.3) is 0 Å². The van der Waals surface area contributed by atoms with E-state index in [0.717, 1.165) is 45.8 Å². The first kappa shape index (κ1) is 15.5. The van der Waals surface area contributed by atoms with Gasteiger partial charge in [-0.2, -0.15) is 0 Å². The SMILES string of the molecule is CC1(c2ccc(CCN3CCOCC3)c(Br)c2)CCCN1. The van der Waals surface area contributed by atoms with Crippen molar-refractivity contribution in [2.45, 2.75) is 31.7 Å². The summed E-state index contributed by atoms with van der Waals surface area (Å²) in [7, 11) is 0. The molecule has 1 aromatic carbocycles. The van der Waals surface area contributed by atoms with E-state index in [1.165, 1.54) is 28.4 Å². The minimum Gasteiger partial charge on any atom is -0.379 e. The van der Waals surface area contributed by atoms with Crippen LogP contribution in [-0.2, 0) is 16.7 Å². The van der Waals surface area contributed by atoms with Crippen LogP contribution in [0.5, 0.6) is 0 Å². The van der Waals surface area contributed by atoms with Crippen molar-refractivity contribution < 1.29 is 4.74 Å². The molecule has 0 bridgehead atoms. The quantitative estimate of drug-likeness (QED) is 0.901. The van der Waals surface area contributed by atoms with Crippen molar-refractivity contribution in [3.8, 4) is 0 Å². The first-order chi connectivity index (χ1) is 10.2. The van der Waals surface area contributed by atoms with Crippen LogP contribution in [0.4, 0.5) is 0 Å². The maximum atomic E-state index is 5.40. The van der Waals surface area contributed by atoms with E-state index in [4.69, 9.17) is 4.74 Å². The van der Waals surface area contributed by atoms with Crippen molar-refractivity contribution in [3.05, 3.63) is 33.8 Å². The van der Waals surface area contributed by atoms with Gasteiger partial charge in [0.15, 0.2) is 0 Å². The smallest absolute Gasteiger partial charge is 0.0594 e. The van der Waals surface area contributed by atoms with Crippen LogP contribution in [0.15, 0.2) is 22.7 Å². The predicted molar refractivity (Wildman–Crippen MR) is 89.7 cm³/mol. The lowest BCUT2D eigenvalue weighted by atomic mass is 9.90. The Bertz CT molecular complexity index is 480. The average Bonchev–Trinajstić information content (AvgIpc) is 2.95. The largest absolute Gasteiger partial charge is 0.379 e. The van der Waals surface area contributed by atoms with Gasteiger partial charge >= 0.3 is 0 Å². The number of benzene rings is 1. The zero-order chi connectivity index (χ0) is 14.7. The van der Waals surface area contributed by atoms with Crippen LogP contribution in [0.2, 0.25) is 0 Å². The van der Waals surface area contributed by atoms with Gasteiger partial charge in [-0.25, -0.2) is 0 Å². The number of morpholine rings is 1. The number of hydrogen-bond donors (Lipinski definition) is 1. The van der Waals surface area contributed by atoms with Crippen molar-refractivity contribution in [1.29, 1.82) is 0 Å². The van der Waals surface area contributed by atoms with Crippen LogP contribution >= 0.6 is 15.9 Å². The van der Waals surface area contributed by atoms with E-state index in [1.807, 2.05) is 0 Å². The van der Waals surface area contributed by atoms with Gasteiger partial charge in [-0.3, -0.25) is 4.90 Å². The van der Waals surface area contributed by atoms with E-state index < -0.39 is 0 Å². The van der Waals surface area contributed by atoms with Crippen molar-refractivity contribution in [1.82, 2.24) is 10.2 Å². The third-order valence-electron chi connectivity index (χ3n) is 4.86. The summed E-state index contributed by atoms with van der Waals surface area (Å²) < 4.78 is 6.65. The molecule has 4 heteroatoms. The summed E-state index contributed by atoms with van der Waals surface area (Å²) in [5.74, 6) is 0. The predicted octanol–water partition coefficient (Wildman–Crippen LogP) is 2.92. The Morgan fingerprint density at radius 2 is 2.14 bits per heavy atom. The average molecular weight is 353 g/mol. The van der Waals surface area contributed by atoms with E-state index in [2.05, 4.69) is 51.3 Å². The lowest BCUT2D eigenvalue weighted by molar-refractivity contribution is 0.0384. The molecule has 0 saturated carbocycles. The third-order valence-corrected chi connectivity index (χ3v) is 5.60. The molecule has 0 spiro atoms. The highest BCUT2D eigenvalue weighted by molar-refractivity contribution is 9.10. The molecule has 21 heavy (non-hydrogen) atoms. The number of hydrogen-bond acceptors (Lipinski definition) is 3. The number of nitrogens with one attached hydrogen (secondary N) is 1. The minimum absolute atomic E-state index is 0.158. The summed E-state index contributed by atoms with van der Waals surface area (Å²) in [5, 5.41) is 3.64. The molecule has 0 amide bonds. The van der Waals surface area contributed by atoms with Gasteiger partial charge in [0, 0.05) is 29.6 Å². The molecule has 0 radical (unpaired) electrons. The van der Waals surface area contributed by atoms with Crippen LogP contribution in [0.1, 0.15) is 30.9 Å². The maximum Gasteiger partial charge on any atom is 0.0594 e. The monoisotopic (exact) mass is 352 g/mol. The van der Waals surface area contributed by atoms with Gasteiger partial charge in [-0.05, 0) is 49.9 Å². The topological polar surface area (TPSA) is 24.5 Å². The van der Waals surface area contributed by atoms with Crippen LogP contribution in [0.3, 0.4) is 0 Å². The highest BCUT2D eigenvalue weighted by Gasteiger charge is 2.30. The highest BCUT2D eigenvalue weighted by Crippen LogP contribution is 2.32. The summed E-state index contributed by atoms with van der Waals surface area (Å²) in [5.41, 5.74) is 2.97. The van der Waals surface area contributed by atoms with Gasteiger partial charge in [0.2, 0.25) is 0 Å². The van der Waals surface area contributed by atoms with Gasteiger partial charge in [0.1, 0.15) is 0 Å². The second-order valence-corrected chi connectivity index (χ2v) is 7.23. The van der Waals surface area contributed by atoms with Crippen molar-refractivity contribution >= 4 is 15.9 Å². The molecule has 2 heterocycles. The lowest BCUT2D eigenvalue weighted by Gasteiger charge is -2.27. The number of nitrogens with zero attached hydrogens (tertiary/aromatic N) is 1. The number of ether oxygens (including phenoxy) is 1. The van der Waals surface area contributed by atoms with Crippen molar-refractivity contribution in [3.63, 3.8) is 0 Å². The summed E-state index contributed by atoms with van der Waals surface area (Å²) in [6.45, 7) is 8.46. The molecule has 3 nitrogen and oxygen atoms in total. The molecule has 1 N–H and O–H groups in total. The zero-order valence-corrected chi connectivity index (χ0v) is 14.4. The molecule has 0 aliphatic carbocycles. The lowest BCUT2D eigenvalue weighted by Crippen LogP contribution is -2.37. The molecule has 1 atom stereocenters. The molecular formula is C17H25BrN2O. The van der Waals surface area contributed by atoms with E-state index in [0.29, 0.717) is 0 Å². The van der Waals surface area contributed by atoms with Gasteiger partial charge < -0.3 is 10.1 Å². The van der Waals surface area contributed by atoms with Crippen LogP contribution in [-0.4, -0.2) is 44.3 Å². The Labute approximate surface area is 136 Å². The summed E-state index contributed by atoms with van der Waals surface area (Å²) in [6, 6.07) is 6.91. The molecule has 3 rings (SSSR count). The fraction of sp³-hybridized carbons (Fsp3) is 0.647. The molecule has 2 fully saturated rings. The molecule has 1 unspecified atom stereocenters. The second-order valence-electron chi connectivity index (χ2n) is 6.37. The van der Waals surface area contributed by atoms with Gasteiger partial charge in [0.25, 0.3) is 0 Å². The standard InChI is InChI=1S/C17H25BrN2O/c1-17(6-2-7-19-17)15-4-3-14(16(18)13-15)5-8-20-9-11-21-12-10-20/h3-4,13,19H,2,5-12H2,1H3. The van der Waals surface area contributed by atoms with Crippen LogP contribution < -0.4 is 5.32 Å². The molecular weight excluding hydrogens is 328 g/mol. The summed E-state index contributed by atoms with van der Waals surface area (Å²) >= 11 is 3.77. The third kappa shape index (κ3) is 3.67. The first-order valence-corrected chi connectivity index (χ1v) is 8.81. The summed E-state index contributed by atoms with van der Waals surface area (Å²) in [4.78, 5) is 2.49.